The van der Waals surface area contributed by atoms with Crippen LogP contribution in [-0.4, -0.2) is 0 Å². The SMILES string of the molecule is IOc1c(N(c2ccccc2)c2ccccc2)cccc1N(c1ccccc1)c1cccc2c1-c1ccccc1C21c2ccccc2-c2ccccc21. The number of halogens is 1. The fourth-order valence-corrected chi connectivity index (χ4v) is 9.27. The smallest absolute Gasteiger partial charge is 0.192 e. The quantitative estimate of drug-likeness (QED) is 0.150. The fraction of sp³-hybridized carbons (Fsp3) is 0.0204. The van der Waals surface area contributed by atoms with Crippen LogP contribution >= 0.6 is 23.0 Å². The summed E-state index contributed by atoms with van der Waals surface area (Å²) in [5.41, 5.74) is 16.0. The largest absolute Gasteiger partial charge is 0.423 e. The van der Waals surface area contributed by atoms with E-state index in [9.17, 15) is 0 Å². The third kappa shape index (κ3) is 4.72. The molecule has 8 aromatic rings. The minimum absolute atomic E-state index is 0.445. The van der Waals surface area contributed by atoms with Crippen molar-refractivity contribution >= 4 is 57.1 Å². The maximum atomic E-state index is 6.49. The van der Waals surface area contributed by atoms with Crippen LogP contribution in [0.5, 0.6) is 5.75 Å². The van der Waals surface area contributed by atoms with Gasteiger partial charge in [-0.25, -0.2) is 0 Å². The Morgan fingerprint density at radius 3 is 1.25 bits per heavy atom. The van der Waals surface area contributed by atoms with Crippen LogP contribution in [0.4, 0.5) is 34.1 Å². The summed E-state index contributed by atoms with van der Waals surface area (Å²) in [5.74, 6) is 0.764. The third-order valence-electron chi connectivity index (χ3n) is 10.8. The van der Waals surface area contributed by atoms with E-state index in [-0.39, 0.29) is 0 Å². The molecule has 0 unspecified atom stereocenters. The van der Waals surface area contributed by atoms with E-state index in [1.165, 1.54) is 44.5 Å². The third-order valence-corrected chi connectivity index (χ3v) is 11.3. The molecule has 0 amide bonds. The van der Waals surface area contributed by atoms with E-state index in [2.05, 4.69) is 233 Å². The first-order valence-corrected chi connectivity index (χ1v) is 18.8. The first kappa shape index (κ1) is 31.6. The molecule has 0 fully saturated rings. The highest BCUT2D eigenvalue weighted by Gasteiger charge is 2.52. The highest BCUT2D eigenvalue weighted by atomic mass is 127. The van der Waals surface area contributed by atoms with Crippen molar-refractivity contribution in [3.63, 3.8) is 0 Å². The van der Waals surface area contributed by atoms with Crippen LogP contribution in [-0.2, 0) is 5.41 Å². The molecule has 0 aromatic heterocycles. The van der Waals surface area contributed by atoms with Crippen LogP contribution in [0.2, 0.25) is 0 Å². The van der Waals surface area contributed by atoms with Crippen molar-refractivity contribution in [2.24, 2.45) is 0 Å². The molecule has 2 aliphatic carbocycles. The van der Waals surface area contributed by atoms with E-state index in [1.807, 2.05) is 0 Å². The van der Waals surface area contributed by atoms with Gasteiger partial charge in [-0.1, -0.05) is 146 Å². The Labute approximate surface area is 324 Å². The molecule has 8 aromatic carbocycles. The summed E-state index contributed by atoms with van der Waals surface area (Å²) < 4.78 is 6.49. The molecule has 0 aliphatic heterocycles. The van der Waals surface area contributed by atoms with Crippen LogP contribution in [0.1, 0.15) is 22.3 Å². The zero-order valence-electron chi connectivity index (χ0n) is 28.7. The van der Waals surface area contributed by atoms with Crippen molar-refractivity contribution in [3.05, 3.63) is 222 Å². The molecule has 3 nitrogen and oxygen atoms in total. The van der Waals surface area contributed by atoms with E-state index < -0.39 is 5.41 Å². The van der Waals surface area contributed by atoms with Gasteiger partial charge in [-0.15, -0.1) is 0 Å². The lowest BCUT2D eigenvalue weighted by molar-refractivity contribution is 0.717. The molecule has 0 saturated heterocycles. The lowest BCUT2D eigenvalue weighted by Crippen LogP contribution is -2.26. The minimum atomic E-state index is -0.445. The molecular weight excluding hydrogens is 759 g/mol. The number of rotatable bonds is 7. The molecule has 53 heavy (non-hydrogen) atoms. The molecule has 4 heteroatoms. The predicted octanol–water partition coefficient (Wildman–Crippen LogP) is 13.7. The average molecular weight is 793 g/mol. The summed E-state index contributed by atoms with van der Waals surface area (Å²) >= 11 is 2.06. The molecule has 0 radical (unpaired) electrons. The molecule has 1 spiro atoms. The number of nitrogens with zero attached hydrogens (tertiary/aromatic N) is 2. The molecule has 0 saturated carbocycles. The van der Waals surface area contributed by atoms with Gasteiger partial charge in [0.15, 0.2) is 28.8 Å². The summed E-state index contributed by atoms with van der Waals surface area (Å²) in [5, 5.41) is 0. The Balaban J connectivity index is 1.26. The van der Waals surface area contributed by atoms with Gasteiger partial charge in [0, 0.05) is 22.6 Å². The first-order chi connectivity index (χ1) is 26.3. The summed E-state index contributed by atoms with van der Waals surface area (Å²) in [6, 6.07) is 71.9. The Morgan fingerprint density at radius 1 is 0.340 bits per heavy atom. The lowest BCUT2D eigenvalue weighted by atomic mass is 9.70. The first-order valence-electron chi connectivity index (χ1n) is 17.9. The van der Waals surface area contributed by atoms with Crippen LogP contribution in [0.3, 0.4) is 0 Å². The Hall–Kier alpha value is -6.11. The van der Waals surface area contributed by atoms with E-state index in [0.29, 0.717) is 0 Å². The minimum Gasteiger partial charge on any atom is -0.423 e. The summed E-state index contributed by atoms with van der Waals surface area (Å²) in [6.07, 6.45) is 0. The molecule has 252 valence electrons. The number of hydrogen-bond donors (Lipinski definition) is 0. The van der Waals surface area contributed by atoms with Gasteiger partial charge in [0.25, 0.3) is 0 Å². The van der Waals surface area contributed by atoms with Crippen molar-refractivity contribution in [2.45, 2.75) is 5.41 Å². The van der Waals surface area contributed by atoms with Gasteiger partial charge in [0.05, 0.1) is 22.5 Å². The number of para-hydroxylation sites is 4. The number of anilines is 6. The van der Waals surface area contributed by atoms with Gasteiger partial charge in [-0.2, -0.15) is 0 Å². The van der Waals surface area contributed by atoms with Gasteiger partial charge in [0.2, 0.25) is 0 Å². The monoisotopic (exact) mass is 792 g/mol. The van der Waals surface area contributed by atoms with Crippen LogP contribution in [0.15, 0.2) is 200 Å². The molecule has 0 atom stereocenters. The maximum Gasteiger partial charge on any atom is 0.192 e. The van der Waals surface area contributed by atoms with E-state index in [4.69, 9.17) is 3.07 Å². The second kappa shape index (κ2) is 12.8. The number of fused-ring (bicyclic) bond motifs is 10. The topological polar surface area (TPSA) is 15.7 Å². The van der Waals surface area contributed by atoms with Crippen molar-refractivity contribution in [2.75, 3.05) is 9.80 Å². The maximum absolute atomic E-state index is 6.49. The van der Waals surface area contributed by atoms with Crippen LogP contribution in [0.25, 0.3) is 22.3 Å². The van der Waals surface area contributed by atoms with Gasteiger partial charge >= 0.3 is 0 Å². The molecule has 10 rings (SSSR count). The standard InChI is InChI=1S/C49H33IN2O/c50-53-48-45(51(34-18-4-1-5-19-34)35-20-6-2-7-21-35)32-17-33-46(48)52(36-22-8-3-9-23-36)44-31-16-30-43-47(44)39-26-12-15-29-42(39)49(43)40-27-13-10-24-37(40)38-25-11-14-28-41(38)49/h1-33H. The lowest BCUT2D eigenvalue weighted by Gasteiger charge is -2.33. The normalized spacial score (nSPS) is 12.8. The fourth-order valence-electron chi connectivity index (χ4n) is 8.82. The van der Waals surface area contributed by atoms with E-state index in [0.717, 1.165) is 39.9 Å². The summed E-state index contributed by atoms with van der Waals surface area (Å²) in [7, 11) is 0. The van der Waals surface area contributed by atoms with Crippen molar-refractivity contribution in [1.82, 2.24) is 0 Å². The Morgan fingerprint density at radius 2 is 0.717 bits per heavy atom. The molecule has 0 bridgehead atoms. The number of hydrogen-bond acceptors (Lipinski definition) is 3. The zero-order chi connectivity index (χ0) is 35.4. The highest BCUT2D eigenvalue weighted by Crippen LogP contribution is 2.65. The summed E-state index contributed by atoms with van der Waals surface area (Å²) in [6.45, 7) is 0. The predicted molar refractivity (Wildman–Crippen MR) is 227 cm³/mol. The van der Waals surface area contributed by atoms with Crippen molar-refractivity contribution in [1.29, 1.82) is 0 Å². The number of benzene rings is 8. The average Bonchev–Trinajstić information content (AvgIpc) is 3.70. The van der Waals surface area contributed by atoms with Gasteiger partial charge < -0.3 is 12.9 Å². The molecule has 0 N–H and O–H groups in total. The summed E-state index contributed by atoms with van der Waals surface area (Å²) in [4.78, 5) is 4.65. The van der Waals surface area contributed by atoms with Crippen LogP contribution in [0, 0.1) is 0 Å². The van der Waals surface area contributed by atoms with Crippen LogP contribution < -0.4 is 12.9 Å². The molecule has 2 aliphatic rings. The van der Waals surface area contributed by atoms with E-state index >= 15 is 0 Å². The zero-order valence-corrected chi connectivity index (χ0v) is 30.9. The van der Waals surface area contributed by atoms with Gasteiger partial charge in [-0.05, 0) is 93.5 Å². The second-order valence-electron chi connectivity index (χ2n) is 13.5. The highest BCUT2D eigenvalue weighted by molar-refractivity contribution is 14.1. The Kier molecular flexibility index (Phi) is 7.65. The van der Waals surface area contributed by atoms with Gasteiger partial charge in [0.1, 0.15) is 0 Å². The second-order valence-corrected chi connectivity index (χ2v) is 13.9. The van der Waals surface area contributed by atoms with E-state index in [1.54, 1.807) is 0 Å². The van der Waals surface area contributed by atoms with Gasteiger partial charge in [-0.3, -0.25) is 0 Å². The molecular formula is C49H33IN2O. The Bertz CT molecular complexity index is 2540. The van der Waals surface area contributed by atoms with Crippen molar-refractivity contribution < 1.29 is 3.07 Å². The molecule has 0 heterocycles. The van der Waals surface area contributed by atoms with Crippen molar-refractivity contribution in [3.8, 4) is 28.0 Å².